The second kappa shape index (κ2) is 8.78. The van der Waals surface area contributed by atoms with Crippen LogP contribution in [0, 0.1) is 20.8 Å². The molecule has 0 atom stereocenters. The molecule has 0 saturated heterocycles. The molecule has 132 valence electrons. The van der Waals surface area contributed by atoms with Gasteiger partial charge in [0.15, 0.2) is 11.7 Å². The van der Waals surface area contributed by atoms with Crippen molar-refractivity contribution in [1.82, 2.24) is 5.32 Å². The Bertz CT molecular complexity index is 802. The molecule has 0 spiro atoms. The monoisotopic (exact) mass is 484 g/mol. The van der Waals surface area contributed by atoms with Crippen LogP contribution in [0.15, 0.2) is 39.3 Å². The lowest BCUT2D eigenvalue weighted by molar-refractivity contribution is -0.121. The van der Waals surface area contributed by atoms with Crippen LogP contribution in [0.25, 0.3) is 0 Å². The van der Waals surface area contributed by atoms with Crippen LogP contribution in [0.2, 0.25) is 0 Å². The molecule has 0 saturated carbocycles. The molecular formula is C18H18Br2N2O2S. The van der Waals surface area contributed by atoms with Gasteiger partial charge in [-0.05, 0) is 78.2 Å². The van der Waals surface area contributed by atoms with Crippen molar-refractivity contribution in [3.05, 3.63) is 56.0 Å². The Morgan fingerprint density at radius 2 is 1.84 bits per heavy atom. The smallest absolute Gasteiger partial charge is 0.264 e. The summed E-state index contributed by atoms with van der Waals surface area (Å²) in [5.74, 6) is 0.308. The molecule has 1 amide bonds. The van der Waals surface area contributed by atoms with Gasteiger partial charge in [0.05, 0.1) is 4.47 Å². The fourth-order valence-electron chi connectivity index (χ4n) is 2.28. The van der Waals surface area contributed by atoms with E-state index in [1.165, 1.54) is 5.56 Å². The van der Waals surface area contributed by atoms with Gasteiger partial charge in [0, 0.05) is 10.2 Å². The van der Waals surface area contributed by atoms with E-state index >= 15 is 0 Å². The summed E-state index contributed by atoms with van der Waals surface area (Å²) in [4.78, 5) is 12.1. The molecule has 0 fully saturated rings. The summed E-state index contributed by atoms with van der Waals surface area (Å²) in [6.45, 7) is 5.79. The lowest BCUT2D eigenvalue weighted by Gasteiger charge is -2.14. The van der Waals surface area contributed by atoms with Gasteiger partial charge in [-0.1, -0.05) is 33.6 Å². The normalized spacial score (nSPS) is 10.3. The van der Waals surface area contributed by atoms with Gasteiger partial charge < -0.3 is 10.1 Å². The summed E-state index contributed by atoms with van der Waals surface area (Å²) in [5.41, 5.74) is 4.01. The molecule has 0 aliphatic carbocycles. The van der Waals surface area contributed by atoms with Crippen molar-refractivity contribution in [1.29, 1.82) is 0 Å². The number of nitrogens with one attached hydrogen (secondary N) is 2. The lowest BCUT2D eigenvalue weighted by Crippen LogP contribution is -2.37. The van der Waals surface area contributed by atoms with Gasteiger partial charge >= 0.3 is 0 Å². The van der Waals surface area contributed by atoms with E-state index in [9.17, 15) is 4.79 Å². The van der Waals surface area contributed by atoms with E-state index in [1.807, 2.05) is 51.1 Å². The van der Waals surface area contributed by atoms with E-state index in [0.717, 1.165) is 25.8 Å². The van der Waals surface area contributed by atoms with Crippen LogP contribution in [0.3, 0.4) is 0 Å². The number of amides is 1. The largest absolute Gasteiger partial charge is 0.482 e. The number of thiocarbonyl (C=S) groups is 1. The van der Waals surface area contributed by atoms with E-state index < -0.39 is 0 Å². The average Bonchev–Trinajstić information content (AvgIpc) is 2.49. The molecule has 0 aliphatic heterocycles. The summed E-state index contributed by atoms with van der Waals surface area (Å²) in [5, 5.41) is 5.89. The Hall–Kier alpha value is -1.44. The highest BCUT2D eigenvalue weighted by molar-refractivity contribution is 9.11. The Kier molecular flexibility index (Phi) is 6.98. The Morgan fingerprint density at radius 3 is 2.48 bits per heavy atom. The van der Waals surface area contributed by atoms with Crippen LogP contribution >= 0.6 is 44.1 Å². The maximum Gasteiger partial charge on any atom is 0.264 e. The third kappa shape index (κ3) is 5.80. The summed E-state index contributed by atoms with van der Waals surface area (Å²) < 4.78 is 7.33. The first-order valence-corrected chi connectivity index (χ1v) is 9.52. The number of hydrogen-bond donors (Lipinski definition) is 2. The standard InChI is InChI=1S/C18H18Br2N2O2S/c1-10-4-5-15(11(2)6-10)21-18(25)22-16(23)9-24-17-12(3)7-13(19)8-14(17)20/h4-8H,9H2,1-3H3,(H2,21,22,23,25). The number of rotatable bonds is 4. The molecule has 2 N–H and O–H groups in total. The zero-order valence-corrected chi connectivity index (χ0v) is 18.1. The van der Waals surface area contributed by atoms with Crippen molar-refractivity contribution in [3.8, 4) is 5.75 Å². The lowest BCUT2D eigenvalue weighted by atomic mass is 10.1. The number of ether oxygens (including phenoxy) is 1. The number of carbonyl (C=O) groups excluding carboxylic acids is 1. The van der Waals surface area contributed by atoms with Crippen LogP contribution < -0.4 is 15.4 Å². The van der Waals surface area contributed by atoms with Gasteiger partial charge in [-0.25, -0.2) is 0 Å². The van der Waals surface area contributed by atoms with Crippen molar-refractivity contribution in [3.63, 3.8) is 0 Å². The molecule has 0 radical (unpaired) electrons. The van der Waals surface area contributed by atoms with Crippen LogP contribution in [0.1, 0.15) is 16.7 Å². The third-order valence-electron chi connectivity index (χ3n) is 3.42. The number of benzene rings is 2. The van der Waals surface area contributed by atoms with Crippen LogP contribution in [-0.4, -0.2) is 17.6 Å². The highest BCUT2D eigenvalue weighted by Gasteiger charge is 2.11. The highest BCUT2D eigenvalue weighted by Crippen LogP contribution is 2.32. The Labute approximate surface area is 169 Å². The van der Waals surface area contributed by atoms with Gasteiger partial charge in [-0.3, -0.25) is 10.1 Å². The fourth-order valence-corrected chi connectivity index (χ4v) is 4.06. The Balaban J connectivity index is 1.91. The van der Waals surface area contributed by atoms with Crippen molar-refractivity contribution < 1.29 is 9.53 Å². The molecule has 0 aliphatic rings. The molecule has 0 bridgehead atoms. The van der Waals surface area contributed by atoms with E-state index in [-0.39, 0.29) is 17.6 Å². The second-order valence-corrected chi connectivity index (χ2v) is 7.82. The predicted octanol–water partition coefficient (Wildman–Crippen LogP) is 5.03. The van der Waals surface area contributed by atoms with E-state index in [0.29, 0.717) is 5.75 Å². The zero-order valence-electron chi connectivity index (χ0n) is 14.1. The highest BCUT2D eigenvalue weighted by atomic mass is 79.9. The van der Waals surface area contributed by atoms with Gasteiger partial charge in [0.1, 0.15) is 5.75 Å². The van der Waals surface area contributed by atoms with Gasteiger partial charge in [-0.15, -0.1) is 0 Å². The fraction of sp³-hybridized carbons (Fsp3) is 0.222. The van der Waals surface area contributed by atoms with Gasteiger partial charge in [-0.2, -0.15) is 0 Å². The quantitative estimate of drug-likeness (QED) is 0.596. The molecule has 0 aromatic heterocycles. The topological polar surface area (TPSA) is 50.4 Å². The van der Waals surface area contributed by atoms with Crippen LogP contribution in [0.4, 0.5) is 5.69 Å². The van der Waals surface area contributed by atoms with Gasteiger partial charge in [0.2, 0.25) is 0 Å². The van der Waals surface area contributed by atoms with E-state index in [2.05, 4.69) is 42.5 Å². The summed E-state index contributed by atoms with van der Waals surface area (Å²) in [6.07, 6.45) is 0. The molecule has 2 aromatic carbocycles. The van der Waals surface area contributed by atoms with Crippen molar-refractivity contribution >= 4 is 60.8 Å². The molecule has 4 nitrogen and oxygen atoms in total. The minimum Gasteiger partial charge on any atom is -0.482 e. The first kappa shape index (κ1) is 19.9. The first-order valence-electron chi connectivity index (χ1n) is 7.53. The van der Waals surface area contributed by atoms with Crippen molar-refractivity contribution in [2.45, 2.75) is 20.8 Å². The predicted molar refractivity (Wildman–Crippen MR) is 112 cm³/mol. The third-order valence-corrected chi connectivity index (χ3v) is 4.68. The van der Waals surface area contributed by atoms with Crippen molar-refractivity contribution in [2.75, 3.05) is 11.9 Å². The number of anilines is 1. The average molecular weight is 486 g/mol. The summed E-state index contributed by atoms with van der Waals surface area (Å²) in [6, 6.07) is 9.75. The number of halogens is 2. The molecule has 25 heavy (non-hydrogen) atoms. The molecule has 0 heterocycles. The van der Waals surface area contributed by atoms with E-state index in [1.54, 1.807) is 0 Å². The molecule has 2 aromatic rings. The number of carbonyl (C=O) groups is 1. The van der Waals surface area contributed by atoms with Gasteiger partial charge in [0.25, 0.3) is 5.91 Å². The Morgan fingerprint density at radius 1 is 1.12 bits per heavy atom. The summed E-state index contributed by atoms with van der Waals surface area (Å²) in [7, 11) is 0. The van der Waals surface area contributed by atoms with Crippen molar-refractivity contribution in [2.24, 2.45) is 0 Å². The molecule has 7 heteroatoms. The second-order valence-electron chi connectivity index (χ2n) is 5.64. The zero-order chi connectivity index (χ0) is 18.6. The minimum atomic E-state index is -0.323. The maximum absolute atomic E-state index is 12.1. The number of hydrogen-bond acceptors (Lipinski definition) is 3. The minimum absolute atomic E-state index is 0.129. The summed E-state index contributed by atoms with van der Waals surface area (Å²) >= 11 is 12.0. The van der Waals surface area contributed by atoms with E-state index in [4.69, 9.17) is 17.0 Å². The molecule has 2 rings (SSSR count). The first-order chi connectivity index (χ1) is 11.8. The molecular weight excluding hydrogens is 468 g/mol. The van der Waals surface area contributed by atoms with Crippen LogP contribution in [0.5, 0.6) is 5.75 Å². The van der Waals surface area contributed by atoms with Crippen LogP contribution in [-0.2, 0) is 4.79 Å². The number of aryl methyl sites for hydroxylation is 3. The SMILES string of the molecule is Cc1ccc(NC(=S)NC(=O)COc2c(C)cc(Br)cc2Br)c(C)c1. The molecule has 0 unspecified atom stereocenters. The maximum atomic E-state index is 12.1.